The van der Waals surface area contributed by atoms with Crippen molar-refractivity contribution in [3.8, 4) is 0 Å². The van der Waals surface area contributed by atoms with Gasteiger partial charge in [0.25, 0.3) is 5.91 Å². The molecule has 0 bridgehead atoms. The molecule has 0 N–H and O–H groups in total. The van der Waals surface area contributed by atoms with Gasteiger partial charge in [0.2, 0.25) is 10.0 Å². The van der Waals surface area contributed by atoms with Gasteiger partial charge >= 0.3 is 0 Å². The Morgan fingerprint density at radius 3 is 1.90 bits per heavy atom. The predicted octanol–water partition coefficient (Wildman–Crippen LogP) is 3.35. The molecule has 0 atom stereocenters. The fourth-order valence-corrected chi connectivity index (χ4v) is 5.72. The number of piperazine rings is 1. The number of carbonyl (C=O) groups is 1. The number of anilines is 1. The molecule has 2 aromatic rings. The maximum Gasteiger partial charge on any atom is 0.253 e. The topological polar surface area (TPSA) is 60.9 Å². The summed E-state index contributed by atoms with van der Waals surface area (Å²) in [6.45, 7) is 3.56. The average Bonchev–Trinajstić information content (AvgIpc) is 3.10. The van der Waals surface area contributed by atoms with Gasteiger partial charge in [0.15, 0.2) is 0 Å². The highest BCUT2D eigenvalue weighted by Gasteiger charge is 2.26. The van der Waals surface area contributed by atoms with Gasteiger partial charge in [-0.3, -0.25) is 4.79 Å². The zero-order valence-corrected chi connectivity index (χ0v) is 18.4. The molecule has 2 aliphatic heterocycles. The summed E-state index contributed by atoms with van der Waals surface area (Å²) in [5, 5.41) is 0. The van der Waals surface area contributed by atoms with E-state index in [4.69, 9.17) is 0 Å². The van der Waals surface area contributed by atoms with Crippen LogP contribution in [0.3, 0.4) is 0 Å². The molecule has 4 rings (SSSR count). The van der Waals surface area contributed by atoms with E-state index in [0.29, 0.717) is 44.8 Å². The molecule has 1 amide bonds. The van der Waals surface area contributed by atoms with Crippen molar-refractivity contribution in [1.82, 2.24) is 9.21 Å². The minimum absolute atomic E-state index is 0.0996. The number of hydrogen-bond acceptors (Lipinski definition) is 4. The van der Waals surface area contributed by atoms with Crippen molar-refractivity contribution in [2.45, 2.75) is 30.6 Å². The van der Waals surface area contributed by atoms with E-state index in [9.17, 15) is 17.6 Å². The first kappa shape index (κ1) is 21.8. The van der Waals surface area contributed by atoms with Crippen molar-refractivity contribution in [2.24, 2.45) is 0 Å². The summed E-state index contributed by atoms with van der Waals surface area (Å²) < 4.78 is 40.5. The molecule has 0 unspecified atom stereocenters. The van der Waals surface area contributed by atoms with Crippen LogP contribution in [0.5, 0.6) is 0 Å². The van der Waals surface area contributed by atoms with Gasteiger partial charge in [-0.2, -0.15) is 4.31 Å². The maximum absolute atomic E-state index is 13.1. The number of benzene rings is 2. The van der Waals surface area contributed by atoms with E-state index in [0.717, 1.165) is 31.4 Å². The predicted molar refractivity (Wildman–Crippen MR) is 118 cm³/mol. The summed E-state index contributed by atoms with van der Waals surface area (Å²) in [6, 6.07) is 12.7. The lowest BCUT2D eigenvalue weighted by Crippen LogP contribution is -2.48. The van der Waals surface area contributed by atoms with Gasteiger partial charge in [-0.1, -0.05) is 12.8 Å². The SMILES string of the molecule is O=C(c1ccc(S(=O)(=O)N2CCCCCC2)cc1)N1CCN(c2ccc(F)cc2)CC1. The van der Waals surface area contributed by atoms with Crippen LogP contribution in [0.1, 0.15) is 36.0 Å². The van der Waals surface area contributed by atoms with Crippen LogP contribution in [0, 0.1) is 5.82 Å². The Labute approximate surface area is 183 Å². The third-order valence-corrected chi connectivity index (χ3v) is 7.98. The van der Waals surface area contributed by atoms with Crippen molar-refractivity contribution >= 4 is 21.6 Å². The zero-order chi connectivity index (χ0) is 21.8. The minimum Gasteiger partial charge on any atom is -0.368 e. The van der Waals surface area contributed by atoms with Gasteiger partial charge in [0, 0.05) is 50.5 Å². The quantitative estimate of drug-likeness (QED) is 0.724. The summed E-state index contributed by atoms with van der Waals surface area (Å²) in [6.07, 6.45) is 3.90. The summed E-state index contributed by atoms with van der Waals surface area (Å²) in [7, 11) is -3.52. The van der Waals surface area contributed by atoms with Crippen molar-refractivity contribution < 1.29 is 17.6 Å². The molecular weight excluding hydrogens is 417 g/mol. The molecule has 8 heteroatoms. The first-order valence-electron chi connectivity index (χ1n) is 10.9. The van der Waals surface area contributed by atoms with E-state index in [-0.39, 0.29) is 16.6 Å². The zero-order valence-electron chi connectivity index (χ0n) is 17.5. The monoisotopic (exact) mass is 445 g/mol. The molecule has 2 aliphatic rings. The Balaban J connectivity index is 1.39. The van der Waals surface area contributed by atoms with Gasteiger partial charge in [0.05, 0.1) is 4.90 Å². The summed E-state index contributed by atoms with van der Waals surface area (Å²) in [5.74, 6) is -0.364. The Kier molecular flexibility index (Phi) is 6.57. The van der Waals surface area contributed by atoms with Crippen molar-refractivity contribution in [2.75, 3.05) is 44.2 Å². The summed E-state index contributed by atoms with van der Waals surface area (Å²) in [5.41, 5.74) is 1.43. The first-order valence-corrected chi connectivity index (χ1v) is 12.3. The molecule has 2 aromatic carbocycles. The lowest BCUT2D eigenvalue weighted by Gasteiger charge is -2.36. The molecule has 0 saturated carbocycles. The summed E-state index contributed by atoms with van der Waals surface area (Å²) >= 11 is 0. The molecule has 2 heterocycles. The molecular formula is C23H28FN3O3S. The van der Waals surface area contributed by atoms with Gasteiger partial charge in [-0.15, -0.1) is 0 Å². The molecule has 0 aliphatic carbocycles. The number of halogens is 1. The fourth-order valence-electron chi connectivity index (χ4n) is 4.20. The van der Waals surface area contributed by atoms with E-state index < -0.39 is 10.0 Å². The number of rotatable bonds is 4. The standard InChI is InChI=1S/C23H28FN3O3S/c24-20-7-9-21(10-8-20)25-15-17-26(18-16-25)23(28)19-5-11-22(12-6-19)31(29,30)27-13-3-1-2-4-14-27/h5-12H,1-4,13-18H2. The average molecular weight is 446 g/mol. The Bertz CT molecular complexity index is 993. The third-order valence-electron chi connectivity index (χ3n) is 6.06. The molecule has 166 valence electrons. The van der Waals surface area contributed by atoms with E-state index in [2.05, 4.69) is 4.90 Å². The lowest BCUT2D eigenvalue weighted by molar-refractivity contribution is 0.0746. The Hall–Kier alpha value is -2.45. The van der Waals surface area contributed by atoms with Crippen LogP contribution in [0.4, 0.5) is 10.1 Å². The van der Waals surface area contributed by atoms with Crippen LogP contribution in [-0.2, 0) is 10.0 Å². The van der Waals surface area contributed by atoms with Gasteiger partial charge < -0.3 is 9.80 Å². The number of nitrogens with zero attached hydrogens (tertiary/aromatic N) is 3. The lowest BCUT2D eigenvalue weighted by atomic mass is 10.1. The number of amides is 1. The van der Waals surface area contributed by atoms with Crippen LogP contribution in [-0.4, -0.2) is 62.8 Å². The fraction of sp³-hybridized carbons (Fsp3) is 0.435. The highest BCUT2D eigenvalue weighted by molar-refractivity contribution is 7.89. The molecule has 2 fully saturated rings. The highest BCUT2D eigenvalue weighted by Crippen LogP contribution is 2.22. The molecule has 2 saturated heterocycles. The Morgan fingerprint density at radius 1 is 0.742 bits per heavy atom. The van der Waals surface area contributed by atoms with E-state index in [1.807, 2.05) is 0 Å². The van der Waals surface area contributed by atoms with Gasteiger partial charge in [-0.05, 0) is 61.4 Å². The summed E-state index contributed by atoms with van der Waals surface area (Å²) in [4.78, 5) is 17.0. The van der Waals surface area contributed by atoms with Crippen LogP contribution >= 0.6 is 0 Å². The van der Waals surface area contributed by atoms with Gasteiger partial charge in [0.1, 0.15) is 5.82 Å². The number of hydrogen-bond donors (Lipinski definition) is 0. The molecule has 0 spiro atoms. The van der Waals surface area contributed by atoms with Crippen LogP contribution in [0.2, 0.25) is 0 Å². The molecule has 6 nitrogen and oxygen atoms in total. The first-order chi connectivity index (χ1) is 14.9. The molecule has 31 heavy (non-hydrogen) atoms. The number of carbonyl (C=O) groups excluding carboxylic acids is 1. The molecule has 0 radical (unpaired) electrons. The maximum atomic E-state index is 13.1. The second kappa shape index (κ2) is 9.36. The van der Waals surface area contributed by atoms with E-state index in [1.54, 1.807) is 45.6 Å². The van der Waals surface area contributed by atoms with Crippen molar-refractivity contribution in [1.29, 1.82) is 0 Å². The van der Waals surface area contributed by atoms with E-state index >= 15 is 0 Å². The molecule has 0 aromatic heterocycles. The van der Waals surface area contributed by atoms with Crippen LogP contribution < -0.4 is 4.90 Å². The van der Waals surface area contributed by atoms with Crippen LogP contribution in [0.15, 0.2) is 53.4 Å². The van der Waals surface area contributed by atoms with E-state index in [1.165, 1.54) is 12.1 Å². The normalized spacial score (nSPS) is 18.6. The van der Waals surface area contributed by atoms with Crippen molar-refractivity contribution in [3.63, 3.8) is 0 Å². The number of sulfonamides is 1. The second-order valence-corrected chi connectivity index (χ2v) is 10.0. The van der Waals surface area contributed by atoms with Crippen molar-refractivity contribution in [3.05, 3.63) is 59.9 Å². The minimum atomic E-state index is -3.52. The largest absolute Gasteiger partial charge is 0.368 e. The second-order valence-electron chi connectivity index (χ2n) is 8.10. The van der Waals surface area contributed by atoms with Crippen LogP contribution in [0.25, 0.3) is 0 Å². The highest BCUT2D eigenvalue weighted by atomic mass is 32.2. The smallest absolute Gasteiger partial charge is 0.253 e. The van der Waals surface area contributed by atoms with Gasteiger partial charge in [-0.25, -0.2) is 12.8 Å². The third kappa shape index (κ3) is 4.91. The Morgan fingerprint density at radius 2 is 1.32 bits per heavy atom.